The molecule has 0 unspecified atom stereocenters. The Morgan fingerprint density at radius 2 is 1.93 bits per heavy atom. The van der Waals surface area contributed by atoms with Gasteiger partial charge >= 0.3 is 0 Å². The van der Waals surface area contributed by atoms with Crippen molar-refractivity contribution in [3.05, 3.63) is 36.5 Å². The van der Waals surface area contributed by atoms with Gasteiger partial charge in [0.1, 0.15) is 30.0 Å². The second kappa shape index (κ2) is 11.5. The lowest BCUT2D eigenvalue weighted by Gasteiger charge is -2.38. The molecule has 12 nitrogen and oxygen atoms in total. The molecule has 3 aliphatic heterocycles. The summed E-state index contributed by atoms with van der Waals surface area (Å²) >= 11 is 0. The molecule has 14 heteroatoms. The van der Waals surface area contributed by atoms with Gasteiger partial charge in [0.15, 0.2) is 21.4 Å². The fourth-order valence-electron chi connectivity index (χ4n) is 5.82. The van der Waals surface area contributed by atoms with Crippen molar-refractivity contribution in [2.24, 2.45) is 0 Å². The number of sulfone groups is 1. The Kier molecular flexibility index (Phi) is 8.13. The van der Waals surface area contributed by atoms with Gasteiger partial charge in [0.25, 0.3) is 0 Å². The molecule has 4 heterocycles. The molecular weight excluding hydrogens is 584 g/mol. The van der Waals surface area contributed by atoms with Crippen LogP contribution in [0.15, 0.2) is 46.3 Å². The Hall–Kier alpha value is -2.49. The summed E-state index contributed by atoms with van der Waals surface area (Å²) in [4.78, 5) is 6.66. The highest BCUT2D eigenvalue weighted by Crippen LogP contribution is 2.38. The van der Waals surface area contributed by atoms with Crippen LogP contribution in [0.1, 0.15) is 32.1 Å². The van der Waals surface area contributed by atoms with Crippen LogP contribution in [-0.4, -0.2) is 107 Å². The average molecular weight is 623 g/mol. The van der Waals surface area contributed by atoms with Crippen molar-refractivity contribution in [2.45, 2.75) is 64.9 Å². The summed E-state index contributed by atoms with van der Waals surface area (Å²) in [6.07, 6.45) is 3.87. The minimum Gasteiger partial charge on any atom is -0.491 e. The normalized spacial score (nSPS) is 23.4. The van der Waals surface area contributed by atoms with Crippen LogP contribution in [0.3, 0.4) is 0 Å². The molecule has 1 aromatic heterocycles. The summed E-state index contributed by atoms with van der Waals surface area (Å²) in [5, 5.41) is 13.5. The molecule has 1 aromatic carbocycles. The van der Waals surface area contributed by atoms with E-state index in [0.717, 1.165) is 6.42 Å². The third-order valence-electron chi connectivity index (χ3n) is 8.52. The summed E-state index contributed by atoms with van der Waals surface area (Å²) in [5.74, 6) is 1.53. The molecule has 0 amide bonds. The van der Waals surface area contributed by atoms with Crippen molar-refractivity contribution < 1.29 is 36.2 Å². The zero-order chi connectivity index (χ0) is 29.5. The number of nitrogens with zero attached hydrogens (tertiary/aromatic N) is 3. The van der Waals surface area contributed by atoms with E-state index in [0.29, 0.717) is 75.8 Å². The number of piperidine rings is 1. The van der Waals surface area contributed by atoms with E-state index in [1.54, 1.807) is 24.3 Å². The highest BCUT2D eigenvalue weighted by molar-refractivity contribution is 7.92. The maximum atomic E-state index is 13.4. The number of ether oxygens (including phenoxy) is 3. The van der Waals surface area contributed by atoms with Crippen LogP contribution in [0.25, 0.3) is 0 Å². The van der Waals surface area contributed by atoms with Crippen LogP contribution in [-0.2, 0) is 24.6 Å². The van der Waals surface area contributed by atoms with E-state index in [1.165, 1.54) is 16.6 Å². The molecule has 0 radical (unpaired) electrons. The van der Waals surface area contributed by atoms with Gasteiger partial charge in [0.05, 0.1) is 28.9 Å². The number of pyridine rings is 1. The number of fused-ring (bicyclic) bond motifs is 1. The molecule has 2 aromatic rings. The van der Waals surface area contributed by atoms with Gasteiger partial charge in [-0.25, -0.2) is 21.8 Å². The predicted molar refractivity (Wildman–Crippen MR) is 154 cm³/mol. The Morgan fingerprint density at radius 1 is 1.14 bits per heavy atom. The van der Waals surface area contributed by atoms with Gasteiger partial charge in [-0.05, 0) is 50.3 Å². The lowest BCUT2D eigenvalue weighted by atomic mass is 9.88. The molecule has 230 valence electrons. The second-order valence-corrected chi connectivity index (χ2v) is 15.8. The Labute approximate surface area is 246 Å². The maximum Gasteiger partial charge on any atom is 0.244 e. The number of anilines is 1. The topological polar surface area (TPSA) is 148 Å². The fraction of sp³-hybridized carbons (Fsp3) is 0.607. The van der Waals surface area contributed by atoms with E-state index in [4.69, 9.17) is 14.2 Å². The van der Waals surface area contributed by atoms with E-state index in [2.05, 4.69) is 10.3 Å². The quantitative estimate of drug-likeness (QED) is 0.394. The van der Waals surface area contributed by atoms with Crippen LogP contribution in [0.2, 0.25) is 0 Å². The number of sulfonamides is 1. The van der Waals surface area contributed by atoms with Crippen molar-refractivity contribution in [3.63, 3.8) is 0 Å². The lowest BCUT2D eigenvalue weighted by molar-refractivity contribution is -0.0312. The van der Waals surface area contributed by atoms with Gasteiger partial charge in [-0.1, -0.05) is 6.07 Å². The van der Waals surface area contributed by atoms with Crippen LogP contribution in [0.5, 0.6) is 11.5 Å². The van der Waals surface area contributed by atoms with Crippen molar-refractivity contribution in [1.29, 1.82) is 0 Å². The number of aliphatic hydroxyl groups is 1. The molecule has 6 rings (SSSR count). The molecule has 4 aliphatic rings. The minimum absolute atomic E-state index is 0.0182. The predicted octanol–water partition coefficient (Wildman–Crippen LogP) is 1.19. The summed E-state index contributed by atoms with van der Waals surface area (Å²) in [6, 6.07) is 8.01. The third kappa shape index (κ3) is 6.10. The molecule has 2 N–H and O–H groups in total. The number of hydrogen-bond donors (Lipinski definition) is 2. The Bertz CT molecular complexity index is 1510. The van der Waals surface area contributed by atoms with Gasteiger partial charge < -0.3 is 29.5 Å². The van der Waals surface area contributed by atoms with Gasteiger partial charge in [0.2, 0.25) is 10.0 Å². The van der Waals surface area contributed by atoms with Crippen LogP contribution < -0.4 is 19.7 Å². The molecular formula is C28H38N4O8S2. The lowest BCUT2D eigenvalue weighted by Crippen LogP contribution is -2.47. The molecule has 3 fully saturated rings. The van der Waals surface area contributed by atoms with Crippen molar-refractivity contribution >= 4 is 25.7 Å². The summed E-state index contributed by atoms with van der Waals surface area (Å²) < 4.78 is 70.7. The third-order valence-corrected chi connectivity index (χ3v) is 12.6. The first kappa shape index (κ1) is 29.6. The number of benzene rings is 1. The summed E-state index contributed by atoms with van der Waals surface area (Å²) in [6.45, 7) is 2.65. The zero-order valence-electron chi connectivity index (χ0n) is 23.6. The number of aromatic nitrogens is 1. The zero-order valence-corrected chi connectivity index (χ0v) is 25.3. The van der Waals surface area contributed by atoms with E-state index < -0.39 is 31.6 Å². The fourth-order valence-corrected chi connectivity index (χ4v) is 8.92. The monoisotopic (exact) mass is 622 g/mol. The number of hydrogen-bond acceptors (Lipinski definition) is 11. The Balaban J connectivity index is 0.966. The molecule has 42 heavy (non-hydrogen) atoms. The first-order valence-electron chi connectivity index (χ1n) is 14.4. The number of likely N-dealkylation sites (N-methyl/N-ethyl adjacent to an activating group) is 1. The summed E-state index contributed by atoms with van der Waals surface area (Å²) in [7, 11) is -5.12. The van der Waals surface area contributed by atoms with Gasteiger partial charge in [-0.15, -0.1) is 0 Å². The highest BCUT2D eigenvalue weighted by Gasteiger charge is 2.45. The summed E-state index contributed by atoms with van der Waals surface area (Å²) in [5.41, 5.74) is -0.404. The SMILES string of the molecule is CN1CCOc2cc(S(=O)(=O)N3CCC4(CC3)C[C@@H](NC[C@H](O)COc3cccc(S(=O)(=O)C5CC5)c3)CO4)cnc21. The molecule has 2 atom stereocenters. The van der Waals surface area contributed by atoms with E-state index >= 15 is 0 Å². The van der Waals surface area contributed by atoms with Crippen LogP contribution in [0.4, 0.5) is 5.82 Å². The molecule has 1 aliphatic carbocycles. The molecule has 1 saturated carbocycles. The van der Waals surface area contributed by atoms with E-state index in [-0.39, 0.29) is 34.2 Å². The van der Waals surface area contributed by atoms with Crippen LogP contribution >= 0.6 is 0 Å². The largest absolute Gasteiger partial charge is 0.491 e. The number of rotatable bonds is 10. The van der Waals surface area contributed by atoms with Gasteiger partial charge in [-0.3, -0.25) is 0 Å². The van der Waals surface area contributed by atoms with E-state index in [9.17, 15) is 21.9 Å². The highest BCUT2D eigenvalue weighted by atomic mass is 32.2. The van der Waals surface area contributed by atoms with Crippen molar-refractivity contribution in [3.8, 4) is 11.5 Å². The Morgan fingerprint density at radius 3 is 2.69 bits per heavy atom. The number of aliphatic hydroxyl groups excluding tert-OH is 1. The van der Waals surface area contributed by atoms with Crippen LogP contribution in [0, 0.1) is 0 Å². The first-order chi connectivity index (χ1) is 20.1. The van der Waals surface area contributed by atoms with Crippen molar-refractivity contribution in [2.75, 3.05) is 57.9 Å². The molecule has 2 saturated heterocycles. The molecule has 0 bridgehead atoms. The smallest absolute Gasteiger partial charge is 0.244 e. The second-order valence-electron chi connectivity index (χ2n) is 11.7. The standard InChI is InChI=1S/C28H38N4O8S2/c1-31-11-12-38-26-14-25(17-30-27(26)31)42(36,37)32-9-7-28(8-10-32)15-20(18-40-28)29-16-21(33)19-39-22-3-2-4-24(13-22)41(34,35)23-5-6-23/h2-4,13-14,17,20-21,23,29,33H,5-12,15-16,18-19H2,1H3/t20-,21+/m1/s1. The van der Waals surface area contributed by atoms with E-state index in [1.807, 2.05) is 11.9 Å². The first-order valence-corrected chi connectivity index (χ1v) is 17.4. The average Bonchev–Trinajstić information content (AvgIpc) is 3.78. The minimum atomic E-state index is -3.71. The maximum absolute atomic E-state index is 13.4. The van der Waals surface area contributed by atoms with Gasteiger partial charge in [0, 0.05) is 45.0 Å². The van der Waals surface area contributed by atoms with Crippen molar-refractivity contribution in [1.82, 2.24) is 14.6 Å². The molecule has 1 spiro atoms. The number of nitrogens with one attached hydrogen (secondary N) is 1. The van der Waals surface area contributed by atoms with Gasteiger partial charge in [-0.2, -0.15) is 4.31 Å².